The molecule has 6 nitrogen and oxygen atoms in total. The number of aromatic hydroxyl groups is 1. The number of hydrogen-bond acceptors (Lipinski definition) is 5. The van der Waals surface area contributed by atoms with E-state index in [1.165, 1.54) is 38.2 Å². The third-order valence-electron chi connectivity index (χ3n) is 5.11. The van der Waals surface area contributed by atoms with Crippen molar-refractivity contribution in [3.63, 3.8) is 0 Å². The maximum absolute atomic E-state index is 11.4. The van der Waals surface area contributed by atoms with Crippen LogP contribution in [0.5, 0.6) is 11.5 Å². The molecule has 0 heterocycles. The van der Waals surface area contributed by atoms with Crippen molar-refractivity contribution in [3.05, 3.63) is 54.6 Å². The summed E-state index contributed by atoms with van der Waals surface area (Å²) in [5, 5.41) is 14.3. The normalized spacial score (nSPS) is 11.5. The summed E-state index contributed by atoms with van der Waals surface area (Å²) < 4.78 is 37.9. The van der Waals surface area contributed by atoms with Gasteiger partial charge in [-0.15, -0.1) is 0 Å². The van der Waals surface area contributed by atoms with Crippen molar-refractivity contribution in [2.75, 3.05) is 11.9 Å². The van der Waals surface area contributed by atoms with Gasteiger partial charge in [0.1, 0.15) is 11.5 Å². The predicted molar refractivity (Wildman–Crippen MR) is 124 cm³/mol. The van der Waals surface area contributed by atoms with Gasteiger partial charge in [-0.2, -0.15) is 8.42 Å². The lowest BCUT2D eigenvalue weighted by Gasteiger charge is -2.11. The molecule has 0 aliphatic carbocycles. The van der Waals surface area contributed by atoms with E-state index in [0.717, 1.165) is 29.6 Å². The van der Waals surface area contributed by atoms with E-state index in [2.05, 4.69) is 12.2 Å². The van der Waals surface area contributed by atoms with Crippen molar-refractivity contribution in [2.45, 2.75) is 50.3 Å². The number of nitrogens with one attached hydrogen (secondary N) is 1. The van der Waals surface area contributed by atoms with Crippen LogP contribution in [0.2, 0.25) is 0 Å². The first-order valence-corrected chi connectivity index (χ1v) is 12.0. The summed E-state index contributed by atoms with van der Waals surface area (Å²) in [6.07, 6.45) is 7.35. The van der Waals surface area contributed by atoms with Crippen LogP contribution in [0.3, 0.4) is 0 Å². The Morgan fingerprint density at radius 1 is 0.871 bits per heavy atom. The third-order valence-corrected chi connectivity index (χ3v) is 5.94. The Kier molecular flexibility index (Phi) is 7.76. The topological polar surface area (TPSA) is 95.9 Å². The Bertz CT molecular complexity index is 1110. The highest BCUT2D eigenvalue weighted by Crippen LogP contribution is 2.31. The minimum absolute atomic E-state index is 0.205. The second kappa shape index (κ2) is 10.5. The number of hydrogen-bond donors (Lipinski definition) is 3. The summed E-state index contributed by atoms with van der Waals surface area (Å²) in [6, 6.07) is 15.2. The summed E-state index contributed by atoms with van der Waals surface area (Å²) in [7, 11) is -4.40. The lowest BCUT2D eigenvalue weighted by Crippen LogP contribution is -1.98. The number of phenols is 1. The second-order valence-corrected chi connectivity index (χ2v) is 9.04. The fourth-order valence-corrected chi connectivity index (χ4v) is 3.96. The molecule has 0 saturated carbocycles. The molecule has 0 fully saturated rings. The number of phenolic OH excluding ortho intramolecular Hbond substituents is 1. The lowest BCUT2D eigenvalue weighted by atomic mass is 10.1. The van der Waals surface area contributed by atoms with E-state index in [1.807, 2.05) is 24.3 Å². The molecule has 0 amide bonds. The van der Waals surface area contributed by atoms with Gasteiger partial charge in [-0.1, -0.05) is 39.0 Å². The third kappa shape index (κ3) is 6.60. The predicted octanol–water partition coefficient (Wildman–Crippen LogP) is 6.28. The molecule has 0 saturated heterocycles. The van der Waals surface area contributed by atoms with Gasteiger partial charge in [0.15, 0.2) is 0 Å². The van der Waals surface area contributed by atoms with Gasteiger partial charge < -0.3 is 15.2 Å². The minimum atomic E-state index is -4.40. The molecule has 3 aromatic carbocycles. The van der Waals surface area contributed by atoms with E-state index in [4.69, 9.17) is 4.74 Å². The zero-order chi connectivity index (χ0) is 22.3. The number of anilines is 2. The fraction of sp³-hybridized carbons (Fsp3) is 0.333. The van der Waals surface area contributed by atoms with Crippen LogP contribution in [-0.4, -0.2) is 24.7 Å². The highest BCUT2D eigenvalue weighted by molar-refractivity contribution is 7.85. The second-order valence-electron chi connectivity index (χ2n) is 7.62. The standard InChI is InChI=1S/C24H29NO5S/c1-2-3-4-5-6-7-14-30-21-11-8-19(9-12-21)25-20-10-13-23-18(15-20)16-22(17-24(23)26)31(27,28)29/h8-13,15-17,25-26H,2-7,14H2,1H3,(H,27,28,29). The molecule has 0 aromatic heterocycles. The van der Waals surface area contributed by atoms with Crippen molar-refractivity contribution < 1.29 is 22.8 Å². The smallest absolute Gasteiger partial charge is 0.294 e. The van der Waals surface area contributed by atoms with Gasteiger partial charge in [0.05, 0.1) is 11.5 Å². The molecule has 0 aliphatic rings. The molecular formula is C24H29NO5S. The van der Waals surface area contributed by atoms with Crippen molar-refractivity contribution in [2.24, 2.45) is 0 Å². The number of ether oxygens (including phenoxy) is 1. The van der Waals surface area contributed by atoms with Crippen molar-refractivity contribution in [1.29, 1.82) is 0 Å². The number of unbranched alkanes of at least 4 members (excludes halogenated alkanes) is 5. The van der Waals surface area contributed by atoms with Gasteiger partial charge in [0, 0.05) is 22.8 Å². The first-order valence-electron chi connectivity index (χ1n) is 10.6. The summed E-state index contributed by atoms with van der Waals surface area (Å²) >= 11 is 0. The van der Waals surface area contributed by atoms with Crippen LogP contribution in [0.4, 0.5) is 11.4 Å². The van der Waals surface area contributed by atoms with Gasteiger partial charge in [0.2, 0.25) is 0 Å². The molecule has 7 heteroatoms. The molecule has 31 heavy (non-hydrogen) atoms. The Hall–Kier alpha value is -2.77. The van der Waals surface area contributed by atoms with Gasteiger partial charge in [-0.3, -0.25) is 4.55 Å². The Labute approximate surface area is 183 Å². The summed E-state index contributed by atoms with van der Waals surface area (Å²) in [5.74, 6) is 0.615. The molecule has 3 N–H and O–H groups in total. The summed E-state index contributed by atoms with van der Waals surface area (Å²) in [6.45, 7) is 2.93. The SMILES string of the molecule is CCCCCCCCOc1ccc(Nc2ccc3c(O)cc(S(=O)(=O)O)cc3c2)cc1. The molecule has 3 rings (SSSR count). The monoisotopic (exact) mass is 443 g/mol. The van der Waals surface area contributed by atoms with E-state index in [1.54, 1.807) is 18.2 Å². The number of benzene rings is 3. The van der Waals surface area contributed by atoms with Crippen LogP contribution in [0.1, 0.15) is 45.4 Å². The lowest BCUT2D eigenvalue weighted by molar-refractivity contribution is 0.304. The zero-order valence-electron chi connectivity index (χ0n) is 17.7. The van der Waals surface area contributed by atoms with Crippen LogP contribution in [0.15, 0.2) is 59.5 Å². The molecular weight excluding hydrogens is 414 g/mol. The van der Waals surface area contributed by atoms with Gasteiger partial charge in [-0.05, 0) is 60.3 Å². The van der Waals surface area contributed by atoms with Crippen LogP contribution in [0, 0.1) is 0 Å². The fourth-order valence-electron chi connectivity index (χ4n) is 3.42. The highest BCUT2D eigenvalue weighted by atomic mass is 32.2. The Morgan fingerprint density at radius 2 is 1.55 bits per heavy atom. The molecule has 0 radical (unpaired) electrons. The molecule has 0 atom stereocenters. The van der Waals surface area contributed by atoms with E-state index >= 15 is 0 Å². The van der Waals surface area contributed by atoms with Crippen LogP contribution >= 0.6 is 0 Å². The van der Waals surface area contributed by atoms with E-state index in [0.29, 0.717) is 17.4 Å². The molecule has 0 aliphatic heterocycles. The molecule has 166 valence electrons. The Morgan fingerprint density at radius 3 is 2.26 bits per heavy atom. The quantitative estimate of drug-likeness (QED) is 0.239. The largest absolute Gasteiger partial charge is 0.507 e. The summed E-state index contributed by atoms with van der Waals surface area (Å²) in [5.41, 5.74) is 1.57. The summed E-state index contributed by atoms with van der Waals surface area (Å²) in [4.78, 5) is -0.346. The first kappa shape index (κ1) is 22.9. The van der Waals surface area contributed by atoms with E-state index in [9.17, 15) is 18.1 Å². The molecule has 0 unspecified atom stereocenters. The van der Waals surface area contributed by atoms with Crippen LogP contribution in [0.25, 0.3) is 10.8 Å². The van der Waals surface area contributed by atoms with Gasteiger partial charge in [0.25, 0.3) is 10.1 Å². The van der Waals surface area contributed by atoms with E-state index < -0.39 is 10.1 Å². The van der Waals surface area contributed by atoms with Crippen molar-refractivity contribution >= 4 is 32.3 Å². The Balaban J connectivity index is 1.60. The molecule has 3 aromatic rings. The average molecular weight is 444 g/mol. The zero-order valence-corrected chi connectivity index (χ0v) is 18.5. The minimum Gasteiger partial charge on any atom is -0.507 e. The van der Waals surface area contributed by atoms with Crippen molar-refractivity contribution in [3.8, 4) is 11.5 Å². The molecule has 0 spiro atoms. The maximum atomic E-state index is 11.4. The van der Waals surface area contributed by atoms with Crippen LogP contribution < -0.4 is 10.1 Å². The van der Waals surface area contributed by atoms with Gasteiger partial charge in [-0.25, -0.2) is 0 Å². The van der Waals surface area contributed by atoms with E-state index in [-0.39, 0.29) is 10.6 Å². The maximum Gasteiger partial charge on any atom is 0.294 e. The number of fused-ring (bicyclic) bond motifs is 1. The molecule has 0 bridgehead atoms. The van der Waals surface area contributed by atoms with Gasteiger partial charge >= 0.3 is 0 Å². The van der Waals surface area contributed by atoms with Crippen LogP contribution in [-0.2, 0) is 10.1 Å². The average Bonchev–Trinajstić information content (AvgIpc) is 2.73. The highest BCUT2D eigenvalue weighted by Gasteiger charge is 2.13. The first-order chi connectivity index (χ1) is 14.9. The van der Waals surface area contributed by atoms with Crippen molar-refractivity contribution in [1.82, 2.24) is 0 Å². The number of rotatable bonds is 11.